The summed E-state index contributed by atoms with van der Waals surface area (Å²) in [6, 6.07) is 18.0. The highest BCUT2D eigenvalue weighted by Gasteiger charge is 2.03. The first kappa shape index (κ1) is 14.0. The lowest BCUT2D eigenvalue weighted by molar-refractivity contribution is 0.415. The summed E-state index contributed by atoms with van der Waals surface area (Å²) in [5.41, 5.74) is 2.81. The average molecular weight is 266 g/mol. The minimum atomic E-state index is 0.644. The Morgan fingerprint density at radius 3 is 2.65 bits per heavy atom. The van der Waals surface area contributed by atoms with Gasteiger partial charge in [0.1, 0.15) is 11.8 Å². The maximum atomic E-state index is 9.09. The molecule has 0 bridgehead atoms. The van der Waals surface area contributed by atoms with Gasteiger partial charge in [-0.15, -0.1) is 0 Å². The molecule has 3 heteroatoms. The van der Waals surface area contributed by atoms with E-state index in [0.29, 0.717) is 5.56 Å². The second-order valence-electron chi connectivity index (χ2n) is 4.54. The smallest absolute Gasteiger partial charge is 0.121 e. The molecule has 1 N–H and O–H groups in total. The van der Waals surface area contributed by atoms with Gasteiger partial charge in [0.15, 0.2) is 0 Å². The lowest BCUT2D eigenvalue weighted by Crippen LogP contribution is -2.04. The summed E-state index contributed by atoms with van der Waals surface area (Å²) in [6.07, 6.45) is 2.05. The average Bonchev–Trinajstić information content (AvgIpc) is 2.52. The normalized spacial score (nSPS) is 9.80. The fraction of sp³-hybridized carbons (Fsp3) is 0.235. The Hall–Kier alpha value is -2.47. The molecule has 0 aliphatic heterocycles. The molecule has 0 radical (unpaired) electrons. The maximum Gasteiger partial charge on any atom is 0.121 e. The number of methoxy groups -OCH3 is 1. The van der Waals surface area contributed by atoms with Crippen molar-refractivity contribution in [3.05, 3.63) is 59.7 Å². The van der Waals surface area contributed by atoms with Gasteiger partial charge in [0.25, 0.3) is 0 Å². The van der Waals surface area contributed by atoms with Crippen molar-refractivity contribution in [3.8, 4) is 11.8 Å². The maximum absolute atomic E-state index is 9.09. The highest BCUT2D eigenvalue weighted by atomic mass is 16.5. The summed E-state index contributed by atoms with van der Waals surface area (Å²) in [6.45, 7) is 0.830. The van der Waals surface area contributed by atoms with Gasteiger partial charge in [0.2, 0.25) is 0 Å². The third kappa shape index (κ3) is 3.76. The highest BCUT2D eigenvalue weighted by molar-refractivity contribution is 5.60. The number of benzene rings is 2. The number of ether oxygens (including phenoxy) is 1. The number of hydrogen-bond donors (Lipinski definition) is 1. The SMILES string of the molecule is COc1ccc(C#N)c(NCCCc2ccccc2)c1. The number of anilines is 1. The predicted molar refractivity (Wildman–Crippen MR) is 81.0 cm³/mol. The number of nitrogens with zero attached hydrogens (tertiary/aromatic N) is 1. The number of nitrogens with one attached hydrogen (secondary N) is 1. The van der Waals surface area contributed by atoms with Gasteiger partial charge in [-0.1, -0.05) is 30.3 Å². The van der Waals surface area contributed by atoms with Crippen LogP contribution >= 0.6 is 0 Å². The van der Waals surface area contributed by atoms with Crippen LogP contribution in [0.1, 0.15) is 17.5 Å². The van der Waals surface area contributed by atoms with Crippen LogP contribution in [0, 0.1) is 11.3 Å². The molecule has 0 heterocycles. The molecule has 0 aliphatic rings. The van der Waals surface area contributed by atoms with Crippen LogP contribution in [0.3, 0.4) is 0 Å². The molecule has 0 aromatic heterocycles. The van der Waals surface area contributed by atoms with E-state index in [0.717, 1.165) is 30.8 Å². The van der Waals surface area contributed by atoms with E-state index in [-0.39, 0.29) is 0 Å². The van der Waals surface area contributed by atoms with Crippen LogP contribution in [0.25, 0.3) is 0 Å². The molecule has 2 rings (SSSR count). The molecule has 0 unspecified atom stereocenters. The van der Waals surface area contributed by atoms with Crippen molar-refractivity contribution in [1.29, 1.82) is 5.26 Å². The number of aryl methyl sites for hydroxylation is 1. The Balaban J connectivity index is 1.89. The van der Waals surface area contributed by atoms with Crippen molar-refractivity contribution in [2.24, 2.45) is 0 Å². The zero-order chi connectivity index (χ0) is 14.2. The summed E-state index contributed by atoms with van der Waals surface area (Å²) < 4.78 is 5.18. The van der Waals surface area contributed by atoms with Gasteiger partial charge in [0.05, 0.1) is 18.4 Å². The second-order valence-corrected chi connectivity index (χ2v) is 4.54. The highest BCUT2D eigenvalue weighted by Crippen LogP contribution is 2.21. The van der Waals surface area contributed by atoms with Crippen molar-refractivity contribution in [2.45, 2.75) is 12.8 Å². The molecule has 0 aliphatic carbocycles. The molecule has 2 aromatic carbocycles. The molecule has 0 saturated heterocycles. The summed E-state index contributed by atoms with van der Waals surface area (Å²) in [7, 11) is 1.63. The molecule has 0 fully saturated rings. The Morgan fingerprint density at radius 1 is 1.15 bits per heavy atom. The number of nitriles is 1. The van der Waals surface area contributed by atoms with Crippen LogP contribution in [-0.4, -0.2) is 13.7 Å². The summed E-state index contributed by atoms with van der Waals surface area (Å²) in [5.74, 6) is 0.759. The zero-order valence-corrected chi connectivity index (χ0v) is 11.6. The van der Waals surface area contributed by atoms with Gasteiger partial charge in [-0.2, -0.15) is 5.26 Å². The number of hydrogen-bond acceptors (Lipinski definition) is 3. The van der Waals surface area contributed by atoms with E-state index >= 15 is 0 Å². The standard InChI is InChI=1S/C17H18N2O/c1-20-16-10-9-15(13-18)17(12-16)19-11-5-8-14-6-3-2-4-7-14/h2-4,6-7,9-10,12,19H,5,8,11H2,1H3. The van der Waals surface area contributed by atoms with Gasteiger partial charge < -0.3 is 10.1 Å². The Morgan fingerprint density at radius 2 is 1.95 bits per heavy atom. The summed E-state index contributed by atoms with van der Waals surface area (Å²) in [5, 5.41) is 12.4. The van der Waals surface area contributed by atoms with E-state index in [2.05, 4.69) is 35.7 Å². The largest absolute Gasteiger partial charge is 0.497 e. The van der Waals surface area contributed by atoms with Crippen molar-refractivity contribution < 1.29 is 4.74 Å². The topological polar surface area (TPSA) is 45.0 Å². The first-order chi connectivity index (χ1) is 9.83. The molecule has 20 heavy (non-hydrogen) atoms. The fourth-order valence-corrected chi connectivity index (χ4v) is 2.05. The molecular formula is C17H18N2O. The number of rotatable bonds is 6. The Kier molecular flexibility index (Phi) is 5.02. The lowest BCUT2D eigenvalue weighted by Gasteiger charge is -2.10. The molecule has 0 amide bonds. The first-order valence-corrected chi connectivity index (χ1v) is 6.69. The van der Waals surface area contributed by atoms with E-state index in [4.69, 9.17) is 10.00 Å². The molecule has 0 saturated carbocycles. The van der Waals surface area contributed by atoms with E-state index in [1.807, 2.05) is 12.1 Å². The van der Waals surface area contributed by atoms with Crippen LogP contribution in [0.4, 0.5) is 5.69 Å². The minimum absolute atomic E-state index is 0.644. The first-order valence-electron chi connectivity index (χ1n) is 6.69. The Labute approximate surface area is 119 Å². The lowest BCUT2D eigenvalue weighted by atomic mass is 10.1. The quantitative estimate of drug-likeness (QED) is 0.812. The van der Waals surface area contributed by atoms with E-state index in [1.54, 1.807) is 19.2 Å². The zero-order valence-electron chi connectivity index (χ0n) is 11.6. The van der Waals surface area contributed by atoms with E-state index in [9.17, 15) is 0 Å². The molecule has 0 atom stereocenters. The predicted octanol–water partition coefficient (Wildman–Crippen LogP) is 3.61. The van der Waals surface area contributed by atoms with Crippen molar-refractivity contribution in [1.82, 2.24) is 0 Å². The van der Waals surface area contributed by atoms with Gasteiger partial charge in [0, 0.05) is 12.6 Å². The van der Waals surface area contributed by atoms with Crippen molar-refractivity contribution in [3.63, 3.8) is 0 Å². The molecule has 2 aromatic rings. The summed E-state index contributed by atoms with van der Waals surface area (Å²) in [4.78, 5) is 0. The van der Waals surface area contributed by atoms with E-state index < -0.39 is 0 Å². The van der Waals surface area contributed by atoms with Crippen molar-refractivity contribution >= 4 is 5.69 Å². The third-order valence-electron chi connectivity index (χ3n) is 3.15. The van der Waals surface area contributed by atoms with E-state index in [1.165, 1.54) is 5.56 Å². The van der Waals surface area contributed by atoms with Gasteiger partial charge in [-0.05, 0) is 30.5 Å². The van der Waals surface area contributed by atoms with Gasteiger partial charge in [-0.3, -0.25) is 0 Å². The van der Waals surface area contributed by atoms with Gasteiger partial charge >= 0.3 is 0 Å². The fourth-order valence-electron chi connectivity index (χ4n) is 2.05. The molecular weight excluding hydrogens is 248 g/mol. The molecule has 102 valence electrons. The molecule has 3 nitrogen and oxygen atoms in total. The Bertz CT molecular complexity index is 588. The van der Waals surface area contributed by atoms with Crippen LogP contribution < -0.4 is 10.1 Å². The third-order valence-corrected chi connectivity index (χ3v) is 3.15. The summed E-state index contributed by atoms with van der Waals surface area (Å²) >= 11 is 0. The molecule has 0 spiro atoms. The minimum Gasteiger partial charge on any atom is -0.497 e. The second kappa shape index (κ2) is 7.20. The van der Waals surface area contributed by atoms with Crippen LogP contribution in [0.5, 0.6) is 5.75 Å². The van der Waals surface area contributed by atoms with Crippen LogP contribution in [-0.2, 0) is 6.42 Å². The van der Waals surface area contributed by atoms with Crippen molar-refractivity contribution in [2.75, 3.05) is 19.0 Å². The monoisotopic (exact) mass is 266 g/mol. The van der Waals surface area contributed by atoms with Crippen LogP contribution in [0.2, 0.25) is 0 Å². The van der Waals surface area contributed by atoms with Gasteiger partial charge in [-0.25, -0.2) is 0 Å². The van der Waals surface area contributed by atoms with Crippen LogP contribution in [0.15, 0.2) is 48.5 Å².